The van der Waals surface area contributed by atoms with Crippen molar-refractivity contribution in [1.82, 2.24) is 14.7 Å². The first-order chi connectivity index (χ1) is 11.5. The Hall–Kier alpha value is -2.17. The van der Waals surface area contributed by atoms with Gasteiger partial charge < -0.3 is 4.90 Å². The van der Waals surface area contributed by atoms with Crippen LogP contribution in [0, 0.1) is 19.7 Å². The van der Waals surface area contributed by atoms with Crippen molar-refractivity contribution in [3.63, 3.8) is 0 Å². The number of nitrogens with zero attached hydrogens (tertiary/aromatic N) is 3. The summed E-state index contributed by atoms with van der Waals surface area (Å²) in [5.74, 6) is -0.0640. The SMILES string of the molecule is Cc1cc(C)n([C@H]2CCN(C(=O)C3(c4ccc(F)cc4)CC3)C2)n1. The number of rotatable bonds is 3. The maximum absolute atomic E-state index is 13.2. The smallest absolute Gasteiger partial charge is 0.233 e. The van der Waals surface area contributed by atoms with Crippen LogP contribution in [0.1, 0.15) is 42.3 Å². The molecule has 1 aliphatic heterocycles. The van der Waals surface area contributed by atoms with E-state index in [2.05, 4.69) is 22.8 Å². The van der Waals surface area contributed by atoms with Crippen molar-refractivity contribution in [1.29, 1.82) is 0 Å². The Morgan fingerprint density at radius 3 is 2.54 bits per heavy atom. The fraction of sp³-hybridized carbons (Fsp3) is 0.474. The monoisotopic (exact) mass is 327 g/mol. The molecule has 1 aromatic carbocycles. The normalized spacial score (nSPS) is 22.0. The highest BCUT2D eigenvalue weighted by molar-refractivity contribution is 5.91. The molecule has 4 nitrogen and oxygen atoms in total. The Bertz CT molecular complexity index is 776. The third kappa shape index (κ3) is 2.43. The summed E-state index contributed by atoms with van der Waals surface area (Å²) in [7, 11) is 0. The van der Waals surface area contributed by atoms with Crippen LogP contribution in [0.5, 0.6) is 0 Å². The van der Waals surface area contributed by atoms with E-state index in [0.717, 1.165) is 42.8 Å². The number of hydrogen-bond donors (Lipinski definition) is 0. The molecular weight excluding hydrogens is 305 g/mol. The average molecular weight is 327 g/mol. The fourth-order valence-corrected chi connectivity index (χ4v) is 3.96. The predicted octanol–water partition coefficient (Wildman–Crippen LogP) is 3.14. The Morgan fingerprint density at radius 2 is 1.96 bits per heavy atom. The molecule has 2 fully saturated rings. The zero-order valence-electron chi connectivity index (χ0n) is 14.1. The van der Waals surface area contributed by atoms with Crippen molar-refractivity contribution in [3.8, 4) is 0 Å². The summed E-state index contributed by atoms with van der Waals surface area (Å²) in [4.78, 5) is 15.1. The van der Waals surface area contributed by atoms with Gasteiger partial charge in [-0.3, -0.25) is 9.48 Å². The van der Waals surface area contributed by atoms with Crippen LogP contribution in [-0.4, -0.2) is 33.7 Å². The largest absolute Gasteiger partial charge is 0.340 e. The van der Waals surface area contributed by atoms with Crippen LogP contribution in [0.3, 0.4) is 0 Å². The van der Waals surface area contributed by atoms with Gasteiger partial charge in [0.05, 0.1) is 17.2 Å². The van der Waals surface area contributed by atoms with Crippen LogP contribution in [0.2, 0.25) is 0 Å². The van der Waals surface area contributed by atoms with E-state index in [-0.39, 0.29) is 17.8 Å². The zero-order valence-corrected chi connectivity index (χ0v) is 14.1. The molecular formula is C19H22FN3O. The van der Waals surface area contributed by atoms with Gasteiger partial charge in [0.2, 0.25) is 5.91 Å². The molecule has 1 amide bonds. The number of amides is 1. The van der Waals surface area contributed by atoms with Crippen molar-refractivity contribution in [2.75, 3.05) is 13.1 Å². The Labute approximate surface area is 141 Å². The van der Waals surface area contributed by atoms with Gasteiger partial charge in [-0.15, -0.1) is 0 Å². The molecule has 1 saturated carbocycles. The minimum atomic E-state index is -0.419. The lowest BCUT2D eigenvalue weighted by Gasteiger charge is -2.24. The molecule has 2 heterocycles. The van der Waals surface area contributed by atoms with Gasteiger partial charge in [-0.25, -0.2) is 4.39 Å². The molecule has 2 aromatic rings. The Balaban J connectivity index is 1.52. The number of aromatic nitrogens is 2. The zero-order chi connectivity index (χ0) is 16.9. The van der Waals surface area contributed by atoms with Crippen LogP contribution < -0.4 is 0 Å². The second kappa shape index (κ2) is 5.43. The summed E-state index contributed by atoms with van der Waals surface area (Å²) < 4.78 is 15.2. The number of carbonyl (C=O) groups is 1. The summed E-state index contributed by atoms with van der Waals surface area (Å²) in [6, 6.07) is 8.75. The molecule has 1 atom stereocenters. The van der Waals surface area contributed by atoms with Gasteiger partial charge in [0.15, 0.2) is 0 Å². The molecule has 24 heavy (non-hydrogen) atoms. The van der Waals surface area contributed by atoms with E-state index in [1.165, 1.54) is 12.1 Å². The lowest BCUT2D eigenvalue weighted by atomic mass is 9.94. The standard InChI is InChI=1S/C19H22FN3O/c1-13-11-14(2)23(21-13)17-7-10-22(12-17)18(24)19(8-9-19)15-3-5-16(20)6-4-15/h3-6,11,17H,7-10,12H2,1-2H3/t17-/m0/s1. The molecule has 0 unspecified atom stereocenters. The van der Waals surface area contributed by atoms with Gasteiger partial charge in [0.1, 0.15) is 5.82 Å². The maximum Gasteiger partial charge on any atom is 0.233 e. The van der Waals surface area contributed by atoms with E-state index in [0.29, 0.717) is 6.54 Å². The van der Waals surface area contributed by atoms with Crippen molar-refractivity contribution in [2.45, 2.75) is 44.6 Å². The van der Waals surface area contributed by atoms with Crippen LogP contribution in [0.15, 0.2) is 30.3 Å². The molecule has 0 bridgehead atoms. The van der Waals surface area contributed by atoms with E-state index in [1.54, 1.807) is 12.1 Å². The molecule has 126 valence electrons. The molecule has 0 radical (unpaired) electrons. The molecule has 0 N–H and O–H groups in total. The molecule has 1 aliphatic carbocycles. The molecule has 5 heteroatoms. The Kier molecular flexibility index (Phi) is 3.48. The van der Waals surface area contributed by atoms with E-state index in [1.807, 2.05) is 11.8 Å². The van der Waals surface area contributed by atoms with Crippen molar-refractivity contribution in [2.24, 2.45) is 0 Å². The maximum atomic E-state index is 13.2. The summed E-state index contributed by atoms with van der Waals surface area (Å²) in [6.45, 7) is 5.54. The molecule has 2 aliphatic rings. The van der Waals surface area contributed by atoms with E-state index in [9.17, 15) is 9.18 Å². The highest BCUT2D eigenvalue weighted by Crippen LogP contribution is 2.50. The van der Waals surface area contributed by atoms with Crippen molar-refractivity contribution in [3.05, 3.63) is 53.1 Å². The first-order valence-corrected chi connectivity index (χ1v) is 8.58. The van der Waals surface area contributed by atoms with Gasteiger partial charge >= 0.3 is 0 Å². The summed E-state index contributed by atoms with van der Waals surface area (Å²) in [6.07, 6.45) is 2.66. The predicted molar refractivity (Wildman–Crippen MR) is 89.2 cm³/mol. The highest BCUT2D eigenvalue weighted by atomic mass is 19.1. The van der Waals surface area contributed by atoms with Gasteiger partial charge in [0, 0.05) is 18.8 Å². The summed E-state index contributed by atoms with van der Waals surface area (Å²) in [5, 5.41) is 4.57. The molecule has 0 spiro atoms. The number of aryl methyl sites for hydroxylation is 2. The van der Waals surface area contributed by atoms with Gasteiger partial charge in [-0.05, 0) is 56.9 Å². The van der Waals surface area contributed by atoms with Crippen LogP contribution in [0.4, 0.5) is 4.39 Å². The van der Waals surface area contributed by atoms with Gasteiger partial charge in [0.25, 0.3) is 0 Å². The second-order valence-electron chi connectivity index (χ2n) is 7.15. The number of halogens is 1. The third-order valence-electron chi connectivity index (χ3n) is 5.40. The van der Waals surface area contributed by atoms with Crippen molar-refractivity contribution < 1.29 is 9.18 Å². The quantitative estimate of drug-likeness (QED) is 0.868. The molecule has 1 saturated heterocycles. The van der Waals surface area contributed by atoms with E-state index >= 15 is 0 Å². The lowest BCUT2D eigenvalue weighted by molar-refractivity contribution is -0.133. The van der Waals surface area contributed by atoms with Crippen LogP contribution in [-0.2, 0) is 10.2 Å². The van der Waals surface area contributed by atoms with Gasteiger partial charge in [-0.2, -0.15) is 5.10 Å². The average Bonchev–Trinajstić information content (AvgIpc) is 3.09. The minimum absolute atomic E-state index is 0.193. The molecule has 4 rings (SSSR count). The number of hydrogen-bond acceptors (Lipinski definition) is 2. The summed E-state index contributed by atoms with van der Waals surface area (Å²) >= 11 is 0. The first kappa shape index (κ1) is 15.4. The number of carbonyl (C=O) groups excluding carboxylic acids is 1. The second-order valence-corrected chi connectivity index (χ2v) is 7.15. The fourth-order valence-electron chi connectivity index (χ4n) is 3.96. The minimum Gasteiger partial charge on any atom is -0.340 e. The van der Waals surface area contributed by atoms with Crippen LogP contribution in [0.25, 0.3) is 0 Å². The van der Waals surface area contributed by atoms with E-state index in [4.69, 9.17) is 0 Å². The Morgan fingerprint density at radius 1 is 1.25 bits per heavy atom. The third-order valence-corrected chi connectivity index (χ3v) is 5.40. The topological polar surface area (TPSA) is 38.1 Å². The lowest BCUT2D eigenvalue weighted by Crippen LogP contribution is -2.38. The first-order valence-electron chi connectivity index (χ1n) is 8.58. The number of likely N-dealkylation sites (tertiary alicyclic amines) is 1. The molecule has 1 aromatic heterocycles. The van der Waals surface area contributed by atoms with E-state index < -0.39 is 5.41 Å². The number of benzene rings is 1. The highest BCUT2D eigenvalue weighted by Gasteiger charge is 2.53. The van der Waals surface area contributed by atoms with Crippen molar-refractivity contribution >= 4 is 5.91 Å². The summed E-state index contributed by atoms with van der Waals surface area (Å²) in [5.41, 5.74) is 2.69. The van der Waals surface area contributed by atoms with Crippen LogP contribution >= 0.6 is 0 Å². The van der Waals surface area contributed by atoms with Gasteiger partial charge in [-0.1, -0.05) is 12.1 Å².